The van der Waals surface area contributed by atoms with Crippen molar-refractivity contribution in [2.45, 2.75) is 25.3 Å². The molecule has 1 unspecified atom stereocenters. The minimum Gasteiger partial charge on any atom is -0.264 e. The molecule has 2 aliphatic heterocycles. The third kappa shape index (κ3) is 2.61. The van der Waals surface area contributed by atoms with E-state index >= 15 is 0 Å². The second-order valence-corrected chi connectivity index (χ2v) is 7.88. The van der Waals surface area contributed by atoms with Crippen LogP contribution >= 0.6 is 0 Å². The second-order valence-electron chi connectivity index (χ2n) is 7.88. The van der Waals surface area contributed by atoms with Gasteiger partial charge < -0.3 is 0 Å². The van der Waals surface area contributed by atoms with Crippen molar-refractivity contribution in [2.75, 3.05) is 5.01 Å². The predicted octanol–water partition coefficient (Wildman–Crippen LogP) is 4.83. The number of aromatic nitrogens is 2. The first kappa shape index (κ1) is 17.2. The fourth-order valence-corrected chi connectivity index (χ4v) is 4.36. The zero-order chi connectivity index (χ0) is 20.0. The molecule has 3 aromatic rings. The van der Waals surface area contributed by atoms with Crippen molar-refractivity contribution in [3.05, 3.63) is 79.2 Å². The summed E-state index contributed by atoms with van der Waals surface area (Å²) in [6.07, 6.45) is 17.0. The van der Waals surface area contributed by atoms with Crippen molar-refractivity contribution in [1.29, 1.82) is 0 Å². The van der Waals surface area contributed by atoms with E-state index in [9.17, 15) is 0 Å². The summed E-state index contributed by atoms with van der Waals surface area (Å²) < 4.78 is 0.460. The molecular formula is C24H21N6+. The van der Waals surface area contributed by atoms with Crippen LogP contribution in [0.25, 0.3) is 22.2 Å². The molecule has 1 aromatic carbocycles. The fourth-order valence-electron chi connectivity index (χ4n) is 4.36. The molecule has 1 fully saturated rings. The summed E-state index contributed by atoms with van der Waals surface area (Å²) in [6.45, 7) is 0. The van der Waals surface area contributed by atoms with Gasteiger partial charge in [-0.2, -0.15) is 0 Å². The number of anilines is 1. The fraction of sp³-hybridized carbons (Fsp3) is 0.167. The number of hydrogen-bond acceptors (Lipinski definition) is 5. The summed E-state index contributed by atoms with van der Waals surface area (Å²) in [5, 5.41) is 3.58. The Morgan fingerprint density at radius 1 is 1.03 bits per heavy atom. The molecule has 0 saturated heterocycles. The lowest BCUT2D eigenvalue weighted by molar-refractivity contribution is -0.746. The van der Waals surface area contributed by atoms with E-state index in [1.165, 1.54) is 19.3 Å². The van der Waals surface area contributed by atoms with E-state index in [0.717, 1.165) is 33.5 Å². The SMILES string of the molecule is C1=C[N+]2(N(c3ccc4ccc(-c5cccnc5)nc4c3)C3CCC3)C=NC=C2C=N1. The summed E-state index contributed by atoms with van der Waals surface area (Å²) in [5.74, 6) is 0. The first-order valence-corrected chi connectivity index (χ1v) is 10.3. The highest BCUT2D eigenvalue weighted by Gasteiger charge is 2.46. The first-order valence-electron chi connectivity index (χ1n) is 10.3. The van der Waals surface area contributed by atoms with Gasteiger partial charge in [0, 0.05) is 23.3 Å². The molecule has 1 saturated carbocycles. The van der Waals surface area contributed by atoms with Crippen LogP contribution in [-0.2, 0) is 0 Å². The summed E-state index contributed by atoms with van der Waals surface area (Å²) in [7, 11) is 0. The molecule has 1 atom stereocenters. The average Bonchev–Trinajstić information content (AvgIpc) is 3.21. The summed E-state index contributed by atoms with van der Waals surface area (Å²) in [5.41, 5.74) is 5.13. The molecule has 30 heavy (non-hydrogen) atoms. The van der Waals surface area contributed by atoms with Gasteiger partial charge >= 0.3 is 0 Å². The van der Waals surface area contributed by atoms with Crippen LogP contribution < -0.4 is 5.01 Å². The number of nitrogens with zero attached hydrogens (tertiary/aromatic N) is 6. The molecule has 4 heterocycles. The maximum absolute atomic E-state index is 4.95. The highest BCUT2D eigenvalue weighted by Crippen LogP contribution is 2.39. The highest BCUT2D eigenvalue weighted by atomic mass is 15.8. The molecular weight excluding hydrogens is 372 g/mol. The Kier molecular flexibility index (Phi) is 3.86. The van der Waals surface area contributed by atoms with Crippen LogP contribution in [0.1, 0.15) is 19.3 Å². The number of rotatable bonds is 4. The van der Waals surface area contributed by atoms with Crippen LogP contribution in [0.2, 0.25) is 0 Å². The largest absolute Gasteiger partial charge is 0.264 e. The number of allylic oxidation sites excluding steroid dienone is 1. The standard InChI is InChI=1S/C24H21N6/c1-4-20(5-1)29(30-12-11-26-15-22(30)16-27-17-30)21-8-6-18-7-9-23(28-24(18)13-21)19-3-2-10-25-14-19/h2-3,6-17,20H,1,4-5H2/q+1. The Morgan fingerprint density at radius 3 is 2.80 bits per heavy atom. The molecule has 6 nitrogen and oxygen atoms in total. The molecule has 146 valence electrons. The second kappa shape index (κ2) is 6.71. The number of benzene rings is 1. The van der Waals surface area contributed by atoms with Gasteiger partial charge in [0.1, 0.15) is 0 Å². The van der Waals surface area contributed by atoms with Crippen molar-refractivity contribution in [3.63, 3.8) is 0 Å². The molecule has 0 amide bonds. The third-order valence-corrected chi connectivity index (χ3v) is 6.12. The topological polar surface area (TPSA) is 53.7 Å². The third-order valence-electron chi connectivity index (χ3n) is 6.12. The molecule has 6 heteroatoms. The van der Waals surface area contributed by atoms with Gasteiger partial charge in [-0.3, -0.25) is 9.98 Å². The molecule has 6 rings (SSSR count). The van der Waals surface area contributed by atoms with Gasteiger partial charge in [0.25, 0.3) is 0 Å². The van der Waals surface area contributed by atoms with E-state index in [1.807, 2.05) is 43.3 Å². The zero-order valence-electron chi connectivity index (χ0n) is 16.5. The lowest BCUT2D eigenvalue weighted by Gasteiger charge is -2.46. The monoisotopic (exact) mass is 393 g/mol. The quantitative estimate of drug-likeness (QED) is 0.597. The number of aliphatic imine (C=N–C) groups is 2. The van der Waals surface area contributed by atoms with Crippen molar-refractivity contribution >= 4 is 29.1 Å². The minimum absolute atomic E-state index is 0.452. The van der Waals surface area contributed by atoms with Gasteiger partial charge in [0.05, 0.1) is 41.6 Å². The van der Waals surface area contributed by atoms with Crippen molar-refractivity contribution in [3.8, 4) is 11.3 Å². The number of fused-ring (bicyclic) bond motifs is 2. The van der Waals surface area contributed by atoms with Crippen LogP contribution in [0.15, 0.2) is 89.1 Å². The van der Waals surface area contributed by atoms with Crippen LogP contribution in [0.4, 0.5) is 5.69 Å². The molecule has 0 radical (unpaired) electrons. The van der Waals surface area contributed by atoms with E-state index in [2.05, 4.69) is 56.5 Å². The normalized spacial score (nSPS) is 22.1. The molecule has 1 aliphatic carbocycles. The van der Waals surface area contributed by atoms with Gasteiger partial charge in [0.15, 0.2) is 6.20 Å². The van der Waals surface area contributed by atoms with Crippen molar-refractivity contribution in [1.82, 2.24) is 9.97 Å². The lowest BCUT2D eigenvalue weighted by Crippen LogP contribution is -2.61. The Labute approximate surface area is 174 Å². The Bertz CT molecular complexity index is 1240. The van der Waals surface area contributed by atoms with Crippen LogP contribution in [-0.4, -0.2) is 33.2 Å². The van der Waals surface area contributed by atoms with Crippen molar-refractivity contribution < 1.29 is 4.59 Å². The maximum Gasteiger partial charge on any atom is 0.225 e. The predicted molar refractivity (Wildman–Crippen MR) is 120 cm³/mol. The smallest absolute Gasteiger partial charge is 0.225 e. The van der Waals surface area contributed by atoms with Crippen molar-refractivity contribution in [2.24, 2.45) is 9.98 Å². The van der Waals surface area contributed by atoms with Crippen LogP contribution in [0.5, 0.6) is 0 Å². The Balaban J connectivity index is 1.48. The number of quaternary nitrogens is 1. The van der Waals surface area contributed by atoms with Crippen LogP contribution in [0, 0.1) is 0 Å². The summed E-state index contributed by atoms with van der Waals surface area (Å²) >= 11 is 0. The molecule has 2 aromatic heterocycles. The van der Waals surface area contributed by atoms with Crippen LogP contribution in [0.3, 0.4) is 0 Å². The lowest BCUT2D eigenvalue weighted by atomic mass is 9.91. The van der Waals surface area contributed by atoms with Gasteiger partial charge in [-0.15, -0.1) is 4.59 Å². The minimum atomic E-state index is 0.452. The van der Waals surface area contributed by atoms with Gasteiger partial charge in [-0.25, -0.2) is 15.0 Å². The molecule has 0 spiro atoms. The summed E-state index contributed by atoms with van der Waals surface area (Å²) in [6, 6.07) is 15.2. The first-order chi connectivity index (χ1) is 14.8. The van der Waals surface area contributed by atoms with E-state index in [-0.39, 0.29) is 0 Å². The van der Waals surface area contributed by atoms with Gasteiger partial charge in [-0.05, 0) is 49.6 Å². The van der Waals surface area contributed by atoms with Gasteiger partial charge in [-0.1, -0.05) is 12.1 Å². The summed E-state index contributed by atoms with van der Waals surface area (Å²) in [4.78, 5) is 18.0. The Morgan fingerprint density at radius 2 is 1.97 bits per heavy atom. The average molecular weight is 393 g/mol. The molecule has 3 aliphatic rings. The number of hydrogen-bond donors (Lipinski definition) is 0. The van der Waals surface area contributed by atoms with E-state index in [0.29, 0.717) is 10.6 Å². The van der Waals surface area contributed by atoms with E-state index < -0.39 is 0 Å². The zero-order valence-corrected chi connectivity index (χ0v) is 16.5. The van der Waals surface area contributed by atoms with E-state index in [1.54, 1.807) is 6.20 Å². The van der Waals surface area contributed by atoms with E-state index in [4.69, 9.17) is 4.98 Å². The Hall–Kier alpha value is -3.64. The molecule has 0 N–H and O–H groups in total. The highest BCUT2D eigenvalue weighted by molar-refractivity contribution is 5.86. The maximum atomic E-state index is 4.95. The molecule has 0 bridgehead atoms. The van der Waals surface area contributed by atoms with Gasteiger partial charge in [0.2, 0.25) is 12.0 Å². The number of pyridine rings is 2.